The van der Waals surface area contributed by atoms with Crippen molar-refractivity contribution < 1.29 is 17.9 Å². The van der Waals surface area contributed by atoms with E-state index in [1.165, 1.54) is 7.11 Å². The standard InChI is InChI=1S/C7H5F3INO/c1-13-7-3(8)2-4(11)5(12-7)6(9)10/h2,6H,1H3. The van der Waals surface area contributed by atoms with Gasteiger partial charge in [0.15, 0.2) is 5.82 Å². The van der Waals surface area contributed by atoms with Gasteiger partial charge in [-0.2, -0.15) is 0 Å². The molecular formula is C7H5F3INO. The number of alkyl halides is 2. The van der Waals surface area contributed by atoms with Gasteiger partial charge in [0.25, 0.3) is 12.3 Å². The molecule has 1 aromatic heterocycles. The Balaban J connectivity index is 3.22. The Morgan fingerprint density at radius 3 is 2.62 bits per heavy atom. The van der Waals surface area contributed by atoms with E-state index in [1.54, 1.807) is 22.6 Å². The lowest BCUT2D eigenvalue weighted by Gasteiger charge is -2.05. The molecule has 0 spiro atoms. The number of pyridine rings is 1. The molecule has 0 fully saturated rings. The van der Waals surface area contributed by atoms with E-state index in [4.69, 9.17) is 0 Å². The third-order valence-electron chi connectivity index (χ3n) is 1.32. The molecule has 0 unspecified atom stereocenters. The van der Waals surface area contributed by atoms with E-state index < -0.39 is 23.8 Å². The average molecular weight is 303 g/mol. The predicted molar refractivity (Wildman–Crippen MR) is 48.4 cm³/mol. The van der Waals surface area contributed by atoms with Crippen molar-refractivity contribution in [3.05, 3.63) is 21.1 Å². The van der Waals surface area contributed by atoms with Crippen LogP contribution in [-0.4, -0.2) is 12.1 Å². The van der Waals surface area contributed by atoms with E-state index in [0.717, 1.165) is 6.07 Å². The van der Waals surface area contributed by atoms with E-state index in [1.807, 2.05) is 0 Å². The Bertz CT molecular complexity index is 319. The minimum Gasteiger partial charge on any atom is -0.479 e. The second-order valence-corrected chi connectivity index (χ2v) is 3.31. The Hall–Kier alpha value is -0.530. The second kappa shape index (κ2) is 4.12. The summed E-state index contributed by atoms with van der Waals surface area (Å²) in [6.07, 6.45) is -2.72. The molecule has 0 radical (unpaired) electrons. The molecule has 0 saturated heterocycles. The lowest BCUT2D eigenvalue weighted by Crippen LogP contribution is -2.00. The van der Waals surface area contributed by atoms with Gasteiger partial charge in [-0.1, -0.05) is 0 Å². The molecule has 0 aliphatic rings. The summed E-state index contributed by atoms with van der Waals surface area (Å²) in [4.78, 5) is 3.34. The molecule has 0 aromatic carbocycles. The van der Waals surface area contributed by atoms with Crippen molar-refractivity contribution in [2.24, 2.45) is 0 Å². The van der Waals surface area contributed by atoms with Gasteiger partial charge in [-0.25, -0.2) is 18.2 Å². The molecule has 1 aromatic rings. The van der Waals surface area contributed by atoms with Gasteiger partial charge in [0.05, 0.1) is 7.11 Å². The molecular weight excluding hydrogens is 298 g/mol. The van der Waals surface area contributed by atoms with Crippen LogP contribution in [0.5, 0.6) is 5.88 Å². The quantitative estimate of drug-likeness (QED) is 0.784. The van der Waals surface area contributed by atoms with Crippen LogP contribution in [0.4, 0.5) is 13.2 Å². The SMILES string of the molecule is COc1nc(C(F)F)c(I)cc1F. The number of aromatic nitrogens is 1. The van der Waals surface area contributed by atoms with E-state index >= 15 is 0 Å². The molecule has 72 valence electrons. The summed E-state index contributed by atoms with van der Waals surface area (Å²) in [7, 11) is 1.17. The topological polar surface area (TPSA) is 22.1 Å². The third-order valence-corrected chi connectivity index (χ3v) is 2.19. The van der Waals surface area contributed by atoms with Crippen LogP contribution >= 0.6 is 22.6 Å². The van der Waals surface area contributed by atoms with Crippen molar-refractivity contribution in [1.29, 1.82) is 0 Å². The fourth-order valence-electron chi connectivity index (χ4n) is 0.759. The van der Waals surface area contributed by atoms with Crippen molar-refractivity contribution in [3.8, 4) is 5.88 Å². The van der Waals surface area contributed by atoms with Crippen LogP contribution in [-0.2, 0) is 0 Å². The Labute approximate surface area is 86.3 Å². The van der Waals surface area contributed by atoms with E-state index in [0.29, 0.717) is 0 Å². The van der Waals surface area contributed by atoms with Gasteiger partial charge in [-0.3, -0.25) is 0 Å². The molecule has 0 atom stereocenters. The highest BCUT2D eigenvalue weighted by Crippen LogP contribution is 2.26. The number of methoxy groups -OCH3 is 1. The molecule has 0 aliphatic carbocycles. The first-order chi connectivity index (χ1) is 6.06. The summed E-state index contributed by atoms with van der Waals surface area (Å²) in [6.45, 7) is 0. The first-order valence-electron chi connectivity index (χ1n) is 3.24. The molecule has 2 nitrogen and oxygen atoms in total. The zero-order valence-corrected chi connectivity index (χ0v) is 8.68. The molecule has 1 heterocycles. The first-order valence-corrected chi connectivity index (χ1v) is 4.32. The number of hydrogen-bond acceptors (Lipinski definition) is 2. The molecule has 0 saturated carbocycles. The highest BCUT2D eigenvalue weighted by atomic mass is 127. The molecule has 6 heteroatoms. The maximum Gasteiger partial charge on any atom is 0.281 e. The molecule has 0 aliphatic heterocycles. The maximum atomic E-state index is 12.9. The molecule has 0 bridgehead atoms. The zero-order chi connectivity index (χ0) is 10.0. The number of halogens is 4. The maximum absolute atomic E-state index is 12.9. The molecule has 0 N–H and O–H groups in total. The lowest BCUT2D eigenvalue weighted by atomic mass is 10.3. The number of hydrogen-bond donors (Lipinski definition) is 0. The Kier molecular flexibility index (Phi) is 3.34. The van der Waals surface area contributed by atoms with E-state index in [2.05, 4.69) is 9.72 Å². The summed E-state index contributed by atoms with van der Waals surface area (Å²) in [6, 6.07) is 0.966. The summed E-state index contributed by atoms with van der Waals surface area (Å²) >= 11 is 1.60. The van der Waals surface area contributed by atoms with Gasteiger partial charge in [-0.15, -0.1) is 0 Å². The van der Waals surface area contributed by atoms with Crippen LogP contribution in [0.1, 0.15) is 12.1 Å². The zero-order valence-electron chi connectivity index (χ0n) is 6.52. The number of ether oxygens (including phenoxy) is 1. The van der Waals surface area contributed by atoms with Gasteiger partial charge in [0.1, 0.15) is 5.69 Å². The van der Waals surface area contributed by atoms with Gasteiger partial charge in [0, 0.05) is 3.57 Å². The van der Waals surface area contributed by atoms with Crippen molar-refractivity contribution in [2.45, 2.75) is 6.43 Å². The monoisotopic (exact) mass is 303 g/mol. The van der Waals surface area contributed by atoms with Crippen LogP contribution in [0.3, 0.4) is 0 Å². The predicted octanol–water partition coefficient (Wildman–Crippen LogP) is 2.77. The number of rotatable bonds is 2. The van der Waals surface area contributed by atoms with Crippen LogP contribution < -0.4 is 4.74 Å². The molecule has 0 amide bonds. The Morgan fingerprint density at radius 1 is 1.54 bits per heavy atom. The van der Waals surface area contributed by atoms with Gasteiger partial charge >= 0.3 is 0 Å². The van der Waals surface area contributed by atoms with Crippen LogP contribution in [0, 0.1) is 9.39 Å². The second-order valence-electron chi connectivity index (χ2n) is 2.15. The summed E-state index contributed by atoms with van der Waals surface area (Å²) < 4.78 is 41.9. The lowest BCUT2D eigenvalue weighted by molar-refractivity contribution is 0.143. The van der Waals surface area contributed by atoms with Crippen molar-refractivity contribution >= 4 is 22.6 Å². The van der Waals surface area contributed by atoms with Crippen molar-refractivity contribution in [2.75, 3.05) is 7.11 Å². The Morgan fingerprint density at radius 2 is 2.15 bits per heavy atom. The van der Waals surface area contributed by atoms with Gasteiger partial charge < -0.3 is 4.74 Å². The fraction of sp³-hybridized carbons (Fsp3) is 0.286. The summed E-state index contributed by atoms with van der Waals surface area (Å²) in [5.74, 6) is -1.15. The van der Waals surface area contributed by atoms with Gasteiger partial charge in [0.2, 0.25) is 0 Å². The highest BCUT2D eigenvalue weighted by molar-refractivity contribution is 14.1. The smallest absolute Gasteiger partial charge is 0.281 e. The summed E-state index contributed by atoms with van der Waals surface area (Å²) in [5, 5.41) is 0. The van der Waals surface area contributed by atoms with Crippen LogP contribution in [0.2, 0.25) is 0 Å². The third kappa shape index (κ3) is 2.23. The minimum atomic E-state index is -2.72. The van der Waals surface area contributed by atoms with Crippen molar-refractivity contribution in [1.82, 2.24) is 4.98 Å². The average Bonchev–Trinajstić information content (AvgIpc) is 2.03. The molecule has 13 heavy (non-hydrogen) atoms. The highest BCUT2D eigenvalue weighted by Gasteiger charge is 2.17. The first kappa shape index (κ1) is 10.6. The van der Waals surface area contributed by atoms with Crippen molar-refractivity contribution in [3.63, 3.8) is 0 Å². The fourth-order valence-corrected chi connectivity index (χ4v) is 1.39. The van der Waals surface area contributed by atoms with E-state index in [9.17, 15) is 13.2 Å². The molecule has 1 rings (SSSR count). The largest absolute Gasteiger partial charge is 0.479 e. The van der Waals surface area contributed by atoms with Gasteiger partial charge in [-0.05, 0) is 28.7 Å². The number of nitrogens with zero attached hydrogens (tertiary/aromatic N) is 1. The van der Waals surface area contributed by atoms with E-state index in [-0.39, 0.29) is 3.57 Å². The van der Waals surface area contributed by atoms with Crippen LogP contribution in [0.15, 0.2) is 6.07 Å². The van der Waals surface area contributed by atoms with Crippen LogP contribution in [0.25, 0.3) is 0 Å². The normalized spacial score (nSPS) is 10.6. The summed E-state index contributed by atoms with van der Waals surface area (Å²) in [5.41, 5.74) is -0.459. The minimum absolute atomic E-state index is 0.0888.